The fraction of sp³-hybridized carbons (Fsp3) is 0.235. The molecule has 0 saturated carbocycles. The summed E-state index contributed by atoms with van der Waals surface area (Å²) in [5.41, 5.74) is 2.19. The molecule has 0 amide bonds. The average Bonchev–Trinajstić information content (AvgIpc) is 2.52. The van der Waals surface area contributed by atoms with E-state index < -0.39 is 5.24 Å². The Hall–Kier alpha value is -2.00. The summed E-state index contributed by atoms with van der Waals surface area (Å²) in [5.74, 6) is 1.48. The van der Waals surface area contributed by atoms with Crippen LogP contribution in [0.2, 0.25) is 0 Å². The first kappa shape index (κ1) is 15.4. The lowest BCUT2D eigenvalue weighted by molar-refractivity contribution is 0.108. The van der Waals surface area contributed by atoms with Gasteiger partial charge in [-0.25, -0.2) is 0 Å². The van der Waals surface area contributed by atoms with Gasteiger partial charge in [0, 0.05) is 11.1 Å². The predicted molar refractivity (Wildman–Crippen MR) is 84.4 cm³/mol. The van der Waals surface area contributed by atoms with E-state index >= 15 is 0 Å². The summed E-state index contributed by atoms with van der Waals surface area (Å²) in [6.45, 7) is 2.66. The van der Waals surface area contributed by atoms with E-state index in [0.717, 1.165) is 29.0 Å². The van der Waals surface area contributed by atoms with Gasteiger partial charge in [-0.2, -0.15) is 0 Å². The molecule has 0 aliphatic carbocycles. The molecule has 0 aromatic heterocycles. The molecule has 0 aliphatic rings. The molecule has 110 valence electrons. The van der Waals surface area contributed by atoms with Gasteiger partial charge in [0.2, 0.25) is 0 Å². The first-order valence-corrected chi connectivity index (χ1v) is 7.14. The molecule has 0 unspecified atom stereocenters. The summed E-state index contributed by atoms with van der Waals surface area (Å²) in [6, 6.07) is 12.8. The van der Waals surface area contributed by atoms with Gasteiger partial charge in [-0.1, -0.05) is 19.1 Å². The van der Waals surface area contributed by atoms with Gasteiger partial charge in [-0.3, -0.25) is 4.79 Å². The zero-order valence-electron chi connectivity index (χ0n) is 12.1. The van der Waals surface area contributed by atoms with Crippen LogP contribution in [0.3, 0.4) is 0 Å². The fourth-order valence-electron chi connectivity index (χ4n) is 2.01. The van der Waals surface area contributed by atoms with Crippen molar-refractivity contribution in [2.45, 2.75) is 13.3 Å². The van der Waals surface area contributed by atoms with Crippen LogP contribution in [0.15, 0.2) is 42.5 Å². The van der Waals surface area contributed by atoms with Crippen LogP contribution in [-0.2, 0) is 0 Å². The number of rotatable bonds is 6. The van der Waals surface area contributed by atoms with Crippen molar-refractivity contribution < 1.29 is 14.3 Å². The first-order chi connectivity index (χ1) is 10.2. The minimum absolute atomic E-state index is 0.443. The summed E-state index contributed by atoms with van der Waals surface area (Å²) in [5, 5.41) is -0.485. The second kappa shape index (κ2) is 7.14. The second-order valence-corrected chi connectivity index (χ2v) is 4.91. The average molecular weight is 305 g/mol. The molecule has 0 N–H and O–H groups in total. The van der Waals surface area contributed by atoms with Crippen molar-refractivity contribution in [3.8, 4) is 22.6 Å². The van der Waals surface area contributed by atoms with Gasteiger partial charge in [0.15, 0.2) is 0 Å². The van der Waals surface area contributed by atoms with Gasteiger partial charge in [-0.15, -0.1) is 0 Å². The van der Waals surface area contributed by atoms with E-state index in [4.69, 9.17) is 21.1 Å². The number of carbonyl (C=O) groups excluding carboxylic acids is 1. The number of benzene rings is 2. The molecule has 0 atom stereocenters. The Morgan fingerprint density at radius 2 is 2.00 bits per heavy atom. The Morgan fingerprint density at radius 3 is 2.67 bits per heavy atom. The number of halogens is 1. The predicted octanol–water partition coefficient (Wildman–Crippen LogP) is 4.53. The highest BCUT2D eigenvalue weighted by Crippen LogP contribution is 2.33. The Balaban J connectivity index is 2.50. The molecule has 0 radical (unpaired) electrons. The minimum atomic E-state index is -0.485. The lowest BCUT2D eigenvalue weighted by Gasteiger charge is -2.13. The molecule has 0 aliphatic heterocycles. The lowest BCUT2D eigenvalue weighted by atomic mass is 10.0. The highest BCUT2D eigenvalue weighted by Gasteiger charge is 2.11. The van der Waals surface area contributed by atoms with E-state index in [1.807, 2.05) is 31.2 Å². The van der Waals surface area contributed by atoms with Crippen LogP contribution in [0.25, 0.3) is 11.1 Å². The van der Waals surface area contributed by atoms with Gasteiger partial charge in [0.1, 0.15) is 11.5 Å². The third-order valence-electron chi connectivity index (χ3n) is 3.05. The van der Waals surface area contributed by atoms with Crippen LogP contribution in [0.5, 0.6) is 11.5 Å². The van der Waals surface area contributed by atoms with Crippen LogP contribution in [0.4, 0.5) is 0 Å². The molecule has 0 saturated heterocycles. The van der Waals surface area contributed by atoms with Crippen molar-refractivity contribution in [3.63, 3.8) is 0 Å². The smallest absolute Gasteiger partial charge is 0.252 e. The van der Waals surface area contributed by atoms with Crippen LogP contribution < -0.4 is 9.47 Å². The van der Waals surface area contributed by atoms with Gasteiger partial charge < -0.3 is 9.47 Å². The molecule has 3 nitrogen and oxygen atoms in total. The van der Waals surface area contributed by atoms with Crippen LogP contribution in [-0.4, -0.2) is 19.0 Å². The van der Waals surface area contributed by atoms with Crippen LogP contribution in [0.1, 0.15) is 23.7 Å². The van der Waals surface area contributed by atoms with E-state index in [9.17, 15) is 4.79 Å². The van der Waals surface area contributed by atoms with E-state index in [1.54, 1.807) is 25.3 Å². The van der Waals surface area contributed by atoms with Crippen molar-refractivity contribution in [2.24, 2.45) is 0 Å². The molecule has 0 spiro atoms. The summed E-state index contributed by atoms with van der Waals surface area (Å²) in [4.78, 5) is 11.4. The summed E-state index contributed by atoms with van der Waals surface area (Å²) >= 11 is 5.57. The maximum absolute atomic E-state index is 11.4. The molecule has 0 fully saturated rings. The van der Waals surface area contributed by atoms with E-state index in [2.05, 4.69) is 0 Å². The van der Waals surface area contributed by atoms with Crippen LogP contribution >= 0.6 is 11.6 Å². The van der Waals surface area contributed by atoms with Crippen LogP contribution in [0, 0.1) is 0 Å². The summed E-state index contributed by atoms with van der Waals surface area (Å²) in [6.07, 6.45) is 0.910. The van der Waals surface area contributed by atoms with Crippen molar-refractivity contribution >= 4 is 16.8 Å². The Labute approximate surface area is 129 Å². The second-order valence-electron chi connectivity index (χ2n) is 4.57. The quantitative estimate of drug-likeness (QED) is 0.736. The van der Waals surface area contributed by atoms with Crippen molar-refractivity contribution in [3.05, 3.63) is 48.0 Å². The van der Waals surface area contributed by atoms with Crippen molar-refractivity contribution in [1.29, 1.82) is 0 Å². The molecule has 21 heavy (non-hydrogen) atoms. The minimum Gasteiger partial charge on any atom is -0.497 e. The van der Waals surface area contributed by atoms with E-state index in [0.29, 0.717) is 12.2 Å². The highest BCUT2D eigenvalue weighted by molar-refractivity contribution is 6.67. The van der Waals surface area contributed by atoms with Gasteiger partial charge in [-0.05, 0) is 53.9 Å². The largest absolute Gasteiger partial charge is 0.497 e. The molecule has 0 bridgehead atoms. The van der Waals surface area contributed by atoms with E-state index in [1.165, 1.54) is 0 Å². The number of hydrogen-bond donors (Lipinski definition) is 0. The van der Waals surface area contributed by atoms with Gasteiger partial charge >= 0.3 is 0 Å². The molecule has 4 heteroatoms. The molecule has 0 heterocycles. The Bertz CT molecular complexity index is 638. The molecule has 2 rings (SSSR count). The fourth-order valence-corrected chi connectivity index (χ4v) is 2.12. The van der Waals surface area contributed by atoms with Gasteiger partial charge in [0.05, 0.1) is 13.7 Å². The number of ether oxygens (including phenoxy) is 2. The molecular formula is C17H17ClO3. The summed E-state index contributed by atoms with van der Waals surface area (Å²) < 4.78 is 11.0. The zero-order valence-corrected chi connectivity index (χ0v) is 12.8. The Kier molecular flexibility index (Phi) is 5.23. The third-order valence-corrected chi connectivity index (χ3v) is 3.27. The monoisotopic (exact) mass is 304 g/mol. The molecule has 2 aromatic rings. The Morgan fingerprint density at radius 1 is 1.19 bits per heavy atom. The van der Waals surface area contributed by atoms with Crippen molar-refractivity contribution in [2.75, 3.05) is 13.7 Å². The number of methoxy groups -OCH3 is 1. The SMILES string of the molecule is CCCOc1ccc(C(=O)Cl)cc1-c1cccc(OC)c1. The van der Waals surface area contributed by atoms with E-state index in [-0.39, 0.29) is 0 Å². The molecule has 2 aromatic carbocycles. The maximum Gasteiger partial charge on any atom is 0.252 e. The summed E-state index contributed by atoms with van der Waals surface area (Å²) in [7, 11) is 1.62. The highest BCUT2D eigenvalue weighted by atomic mass is 35.5. The topological polar surface area (TPSA) is 35.5 Å². The number of hydrogen-bond acceptors (Lipinski definition) is 3. The maximum atomic E-state index is 11.4. The lowest BCUT2D eigenvalue weighted by Crippen LogP contribution is -1.99. The first-order valence-electron chi connectivity index (χ1n) is 6.76. The molecular weight excluding hydrogens is 288 g/mol. The third kappa shape index (κ3) is 3.76. The standard InChI is InChI=1S/C17H17ClO3/c1-3-9-21-16-8-7-13(17(18)19)11-15(16)12-5-4-6-14(10-12)20-2/h4-8,10-11H,3,9H2,1-2H3. The van der Waals surface area contributed by atoms with Gasteiger partial charge in [0.25, 0.3) is 5.24 Å². The zero-order chi connectivity index (χ0) is 15.2. The number of carbonyl (C=O) groups is 1. The normalized spacial score (nSPS) is 10.2. The van der Waals surface area contributed by atoms with Crippen molar-refractivity contribution in [1.82, 2.24) is 0 Å².